The highest BCUT2D eigenvalue weighted by Gasteiger charge is 2.22. The fourth-order valence-electron chi connectivity index (χ4n) is 3.10. The number of imidazole rings is 1. The Morgan fingerprint density at radius 2 is 2.22 bits per heavy atom. The molecule has 0 aromatic carbocycles. The van der Waals surface area contributed by atoms with Gasteiger partial charge in [-0.1, -0.05) is 12.8 Å². The van der Waals surface area contributed by atoms with Crippen molar-refractivity contribution in [1.29, 1.82) is 0 Å². The van der Waals surface area contributed by atoms with Crippen molar-refractivity contribution in [2.75, 3.05) is 6.54 Å². The molecule has 1 aliphatic carbocycles. The van der Waals surface area contributed by atoms with Crippen molar-refractivity contribution in [2.45, 2.75) is 38.2 Å². The SMILES string of the molecule is O=C(NCC[C@H]1CCCC[C@H]1O)c1cc(-n2ccnc2)ccn1. The molecule has 2 heterocycles. The Balaban J connectivity index is 1.55. The maximum atomic E-state index is 12.2. The van der Waals surface area contributed by atoms with Crippen molar-refractivity contribution in [3.05, 3.63) is 42.7 Å². The Labute approximate surface area is 135 Å². The van der Waals surface area contributed by atoms with Gasteiger partial charge in [0.1, 0.15) is 5.69 Å². The number of hydrogen-bond donors (Lipinski definition) is 2. The molecule has 0 saturated heterocycles. The van der Waals surface area contributed by atoms with E-state index in [0.717, 1.165) is 31.4 Å². The fourth-order valence-corrected chi connectivity index (χ4v) is 3.10. The molecular weight excluding hydrogens is 292 g/mol. The third-order valence-corrected chi connectivity index (χ3v) is 4.45. The van der Waals surface area contributed by atoms with Crippen LogP contribution >= 0.6 is 0 Å². The van der Waals surface area contributed by atoms with Crippen molar-refractivity contribution in [2.24, 2.45) is 5.92 Å². The summed E-state index contributed by atoms with van der Waals surface area (Å²) in [5.41, 5.74) is 1.24. The maximum Gasteiger partial charge on any atom is 0.269 e. The highest BCUT2D eigenvalue weighted by Crippen LogP contribution is 2.26. The second kappa shape index (κ2) is 7.37. The van der Waals surface area contributed by atoms with Crippen LogP contribution in [0.2, 0.25) is 0 Å². The van der Waals surface area contributed by atoms with E-state index in [1.165, 1.54) is 6.42 Å². The van der Waals surface area contributed by atoms with E-state index in [1.54, 1.807) is 24.8 Å². The molecule has 6 heteroatoms. The lowest BCUT2D eigenvalue weighted by atomic mass is 9.84. The number of nitrogens with one attached hydrogen (secondary N) is 1. The van der Waals surface area contributed by atoms with Crippen LogP contribution < -0.4 is 5.32 Å². The Bertz CT molecular complexity index is 642. The molecular formula is C17H22N4O2. The van der Waals surface area contributed by atoms with Gasteiger partial charge in [0.05, 0.1) is 18.1 Å². The van der Waals surface area contributed by atoms with Gasteiger partial charge in [0.2, 0.25) is 0 Å². The molecule has 23 heavy (non-hydrogen) atoms. The van der Waals surface area contributed by atoms with Gasteiger partial charge < -0.3 is 15.0 Å². The molecule has 6 nitrogen and oxygen atoms in total. The van der Waals surface area contributed by atoms with Gasteiger partial charge in [0, 0.05) is 25.1 Å². The van der Waals surface area contributed by atoms with Crippen molar-refractivity contribution < 1.29 is 9.90 Å². The maximum absolute atomic E-state index is 12.2. The molecule has 0 aliphatic heterocycles. The second-order valence-electron chi connectivity index (χ2n) is 6.03. The molecule has 1 amide bonds. The number of nitrogens with zero attached hydrogens (tertiary/aromatic N) is 3. The lowest BCUT2D eigenvalue weighted by Crippen LogP contribution is -2.31. The summed E-state index contributed by atoms with van der Waals surface area (Å²) < 4.78 is 1.83. The second-order valence-corrected chi connectivity index (χ2v) is 6.03. The van der Waals surface area contributed by atoms with Crippen LogP contribution in [0.4, 0.5) is 0 Å². The molecule has 0 bridgehead atoms. The third-order valence-electron chi connectivity index (χ3n) is 4.45. The Morgan fingerprint density at radius 1 is 1.35 bits per heavy atom. The van der Waals surface area contributed by atoms with Crippen molar-refractivity contribution in [3.63, 3.8) is 0 Å². The summed E-state index contributed by atoms with van der Waals surface area (Å²) in [5, 5.41) is 12.9. The first kappa shape index (κ1) is 15.7. The van der Waals surface area contributed by atoms with Gasteiger partial charge in [-0.25, -0.2) is 4.98 Å². The minimum absolute atomic E-state index is 0.183. The predicted octanol–water partition coefficient (Wildman–Crippen LogP) is 1.94. The van der Waals surface area contributed by atoms with E-state index in [-0.39, 0.29) is 12.0 Å². The number of hydrogen-bond acceptors (Lipinski definition) is 4. The number of carbonyl (C=O) groups is 1. The van der Waals surface area contributed by atoms with Crippen LogP contribution in [0, 0.1) is 5.92 Å². The van der Waals surface area contributed by atoms with E-state index in [9.17, 15) is 9.90 Å². The van der Waals surface area contributed by atoms with Crippen LogP contribution in [0.3, 0.4) is 0 Å². The Morgan fingerprint density at radius 3 is 3.00 bits per heavy atom. The van der Waals surface area contributed by atoms with Crippen LogP contribution in [0.5, 0.6) is 0 Å². The summed E-state index contributed by atoms with van der Waals surface area (Å²) in [7, 11) is 0. The van der Waals surface area contributed by atoms with Crippen molar-refractivity contribution >= 4 is 5.91 Å². The molecule has 122 valence electrons. The van der Waals surface area contributed by atoms with E-state index in [1.807, 2.05) is 16.8 Å². The minimum Gasteiger partial charge on any atom is -0.393 e. The molecule has 1 aliphatic rings. The topological polar surface area (TPSA) is 80.0 Å². The zero-order valence-corrected chi connectivity index (χ0v) is 13.1. The zero-order valence-electron chi connectivity index (χ0n) is 13.1. The van der Waals surface area contributed by atoms with E-state index >= 15 is 0 Å². The molecule has 2 aromatic rings. The molecule has 3 rings (SSSR count). The Hall–Kier alpha value is -2.21. The number of aliphatic hydroxyl groups excluding tert-OH is 1. The van der Waals surface area contributed by atoms with Gasteiger partial charge in [0.25, 0.3) is 5.91 Å². The molecule has 0 radical (unpaired) electrons. The zero-order chi connectivity index (χ0) is 16.1. The van der Waals surface area contributed by atoms with E-state index in [4.69, 9.17) is 0 Å². The van der Waals surface area contributed by atoms with Gasteiger partial charge >= 0.3 is 0 Å². The van der Waals surface area contributed by atoms with E-state index in [0.29, 0.717) is 18.2 Å². The average Bonchev–Trinajstić information content (AvgIpc) is 3.11. The number of rotatable bonds is 5. The highest BCUT2D eigenvalue weighted by molar-refractivity contribution is 5.92. The molecule has 2 aromatic heterocycles. The summed E-state index contributed by atoms with van der Waals surface area (Å²) in [6, 6.07) is 3.57. The van der Waals surface area contributed by atoms with Gasteiger partial charge in [-0.2, -0.15) is 0 Å². The number of pyridine rings is 1. The summed E-state index contributed by atoms with van der Waals surface area (Å²) >= 11 is 0. The normalized spacial score (nSPS) is 21.1. The number of amides is 1. The van der Waals surface area contributed by atoms with Crippen molar-refractivity contribution in [3.8, 4) is 5.69 Å². The van der Waals surface area contributed by atoms with Crippen LogP contribution in [0.15, 0.2) is 37.1 Å². The number of aliphatic hydroxyl groups is 1. The predicted molar refractivity (Wildman–Crippen MR) is 86.3 cm³/mol. The lowest BCUT2D eigenvalue weighted by molar-refractivity contribution is 0.0643. The lowest BCUT2D eigenvalue weighted by Gasteiger charge is -2.27. The summed E-state index contributed by atoms with van der Waals surface area (Å²) in [6.07, 6.45) is 11.6. The molecule has 1 saturated carbocycles. The summed E-state index contributed by atoms with van der Waals surface area (Å²) in [6.45, 7) is 0.567. The van der Waals surface area contributed by atoms with Gasteiger partial charge in [-0.05, 0) is 37.3 Å². The van der Waals surface area contributed by atoms with E-state index in [2.05, 4.69) is 15.3 Å². The van der Waals surface area contributed by atoms with Gasteiger partial charge in [-0.15, -0.1) is 0 Å². The smallest absolute Gasteiger partial charge is 0.269 e. The standard InChI is InChI=1S/C17H22N4O2/c22-16-4-2-1-3-13(16)5-7-20-17(23)15-11-14(6-8-19-15)21-10-9-18-12-21/h6,8-13,16,22H,1-5,7H2,(H,20,23)/t13-,16-/m1/s1. The Kier molecular flexibility index (Phi) is 5.02. The first-order chi connectivity index (χ1) is 11.2. The minimum atomic E-state index is -0.219. The number of aromatic nitrogens is 3. The van der Waals surface area contributed by atoms with Crippen LogP contribution in [0.1, 0.15) is 42.6 Å². The van der Waals surface area contributed by atoms with Gasteiger partial charge in [-0.3, -0.25) is 9.78 Å². The van der Waals surface area contributed by atoms with Crippen molar-refractivity contribution in [1.82, 2.24) is 19.9 Å². The largest absolute Gasteiger partial charge is 0.393 e. The van der Waals surface area contributed by atoms with Crippen LogP contribution in [-0.4, -0.2) is 38.2 Å². The number of carbonyl (C=O) groups excluding carboxylic acids is 1. The van der Waals surface area contributed by atoms with Crippen LogP contribution in [0.25, 0.3) is 5.69 Å². The fraction of sp³-hybridized carbons (Fsp3) is 0.471. The first-order valence-electron chi connectivity index (χ1n) is 8.14. The van der Waals surface area contributed by atoms with Crippen LogP contribution in [-0.2, 0) is 0 Å². The summed E-state index contributed by atoms with van der Waals surface area (Å²) in [4.78, 5) is 20.4. The molecule has 2 N–H and O–H groups in total. The average molecular weight is 314 g/mol. The quantitative estimate of drug-likeness (QED) is 0.884. The monoisotopic (exact) mass is 314 g/mol. The third kappa shape index (κ3) is 3.96. The molecule has 0 spiro atoms. The molecule has 0 unspecified atom stereocenters. The highest BCUT2D eigenvalue weighted by atomic mass is 16.3. The first-order valence-corrected chi connectivity index (χ1v) is 8.14. The molecule has 2 atom stereocenters. The summed E-state index contributed by atoms with van der Waals surface area (Å²) in [5.74, 6) is 0.117. The van der Waals surface area contributed by atoms with E-state index < -0.39 is 0 Å². The molecule has 1 fully saturated rings. The van der Waals surface area contributed by atoms with Gasteiger partial charge in [0.15, 0.2) is 0 Å².